The molecule has 2 aromatic heterocycles. The average Bonchev–Trinajstić information content (AvgIpc) is 3.41. The fourth-order valence-corrected chi connectivity index (χ4v) is 4.80. The lowest BCUT2D eigenvalue weighted by atomic mass is 9.92. The summed E-state index contributed by atoms with van der Waals surface area (Å²) >= 11 is 1.59. The molecule has 29 heavy (non-hydrogen) atoms. The summed E-state index contributed by atoms with van der Waals surface area (Å²) in [4.78, 5) is 27.6. The lowest BCUT2D eigenvalue weighted by Gasteiger charge is -2.32. The third-order valence-corrected chi connectivity index (χ3v) is 6.30. The molecule has 1 aliphatic rings. The number of thiophene rings is 1. The predicted octanol–water partition coefficient (Wildman–Crippen LogP) is 3.02. The maximum atomic E-state index is 13.2. The molecule has 0 spiro atoms. The minimum Gasteiger partial charge on any atom is -0.383 e. The zero-order valence-electron chi connectivity index (χ0n) is 16.3. The minimum absolute atomic E-state index is 0.0535. The number of aromatic amines is 1. The predicted molar refractivity (Wildman–Crippen MR) is 113 cm³/mol. The Balaban J connectivity index is 1.50. The van der Waals surface area contributed by atoms with Gasteiger partial charge in [-0.15, -0.1) is 11.3 Å². The number of benzene rings is 1. The van der Waals surface area contributed by atoms with E-state index in [1.165, 1.54) is 0 Å². The van der Waals surface area contributed by atoms with E-state index >= 15 is 0 Å². The van der Waals surface area contributed by atoms with Gasteiger partial charge < -0.3 is 15.0 Å². The van der Waals surface area contributed by atoms with Crippen LogP contribution in [0.15, 0.2) is 35.8 Å². The summed E-state index contributed by atoms with van der Waals surface area (Å²) in [5.74, 6) is -0.0564. The second kappa shape index (κ2) is 8.75. The van der Waals surface area contributed by atoms with Gasteiger partial charge in [0, 0.05) is 48.1 Å². The number of nitrogens with zero attached hydrogens (tertiary/aromatic N) is 2. The van der Waals surface area contributed by atoms with Crippen LogP contribution in [-0.4, -0.2) is 60.3 Å². The zero-order chi connectivity index (χ0) is 20.2. The van der Waals surface area contributed by atoms with Crippen molar-refractivity contribution >= 4 is 33.2 Å². The zero-order valence-corrected chi connectivity index (χ0v) is 17.1. The summed E-state index contributed by atoms with van der Waals surface area (Å²) < 4.78 is 6.10. The monoisotopic (exact) mass is 412 g/mol. The lowest BCUT2D eigenvalue weighted by molar-refractivity contribution is 0.0708. The van der Waals surface area contributed by atoms with Gasteiger partial charge in [-0.05, 0) is 18.9 Å². The van der Waals surface area contributed by atoms with Gasteiger partial charge in [0.05, 0.1) is 29.6 Å². The van der Waals surface area contributed by atoms with Gasteiger partial charge in [0.1, 0.15) is 0 Å². The number of rotatable bonds is 6. The Labute approximate surface area is 173 Å². The van der Waals surface area contributed by atoms with Crippen LogP contribution in [-0.2, 0) is 4.74 Å². The molecule has 7 nitrogen and oxygen atoms in total. The first-order valence-corrected chi connectivity index (χ1v) is 10.6. The first-order valence-electron chi connectivity index (χ1n) is 9.75. The molecular weight excluding hydrogens is 388 g/mol. The summed E-state index contributed by atoms with van der Waals surface area (Å²) in [6, 6.07) is 7.98. The van der Waals surface area contributed by atoms with Crippen LogP contribution in [0.4, 0.5) is 0 Å². The Hall–Kier alpha value is -2.71. The van der Waals surface area contributed by atoms with Gasteiger partial charge >= 0.3 is 0 Å². The molecule has 8 heteroatoms. The highest BCUT2D eigenvalue weighted by Crippen LogP contribution is 2.31. The molecule has 0 unspecified atom stereocenters. The van der Waals surface area contributed by atoms with Gasteiger partial charge in [-0.1, -0.05) is 18.2 Å². The molecule has 0 bridgehead atoms. The number of aromatic nitrogens is 2. The fraction of sp³-hybridized carbons (Fsp3) is 0.381. The summed E-state index contributed by atoms with van der Waals surface area (Å²) in [5.41, 5.74) is 2.10. The third-order valence-electron chi connectivity index (χ3n) is 5.33. The number of carbonyl (C=O) groups is 2. The summed E-state index contributed by atoms with van der Waals surface area (Å²) in [5, 5.41) is 12.9. The van der Waals surface area contributed by atoms with E-state index in [2.05, 4.69) is 15.5 Å². The van der Waals surface area contributed by atoms with E-state index in [1.54, 1.807) is 24.6 Å². The number of H-pyrrole nitrogens is 1. The van der Waals surface area contributed by atoms with Gasteiger partial charge in [0.15, 0.2) is 0 Å². The first kappa shape index (κ1) is 19.6. The second-order valence-electron chi connectivity index (χ2n) is 7.18. The molecule has 0 aliphatic carbocycles. The standard InChI is InChI=1S/C21H24N4O3S/c1-28-10-8-22-20(26)16-11-23-24-19(16)14-5-4-9-25(12-14)21(27)17-13-29-18-7-3-2-6-15(17)18/h2-3,6-7,11,13-14H,4-5,8-10,12H2,1H3,(H,22,26)(H,23,24)/t14-/m0/s1. The molecule has 1 saturated heterocycles. The number of amides is 2. The maximum absolute atomic E-state index is 13.2. The molecule has 0 saturated carbocycles. The molecule has 2 N–H and O–H groups in total. The third kappa shape index (κ3) is 4.04. The van der Waals surface area contributed by atoms with E-state index < -0.39 is 0 Å². The topological polar surface area (TPSA) is 87.3 Å². The Morgan fingerprint density at radius 2 is 2.21 bits per heavy atom. The van der Waals surface area contributed by atoms with Crippen LogP contribution < -0.4 is 5.32 Å². The van der Waals surface area contributed by atoms with Crippen molar-refractivity contribution in [2.75, 3.05) is 33.4 Å². The van der Waals surface area contributed by atoms with Gasteiger partial charge in [-0.25, -0.2) is 0 Å². The van der Waals surface area contributed by atoms with Gasteiger partial charge in [0.25, 0.3) is 11.8 Å². The molecule has 0 radical (unpaired) electrons. The lowest BCUT2D eigenvalue weighted by Crippen LogP contribution is -2.39. The van der Waals surface area contributed by atoms with E-state index in [4.69, 9.17) is 4.74 Å². The number of hydrogen-bond acceptors (Lipinski definition) is 5. The Morgan fingerprint density at radius 1 is 1.34 bits per heavy atom. The quantitative estimate of drug-likeness (QED) is 0.609. The number of hydrogen-bond donors (Lipinski definition) is 2. The van der Waals surface area contributed by atoms with Crippen LogP contribution in [0.25, 0.3) is 10.1 Å². The van der Waals surface area contributed by atoms with Crippen molar-refractivity contribution in [2.45, 2.75) is 18.8 Å². The second-order valence-corrected chi connectivity index (χ2v) is 8.09. The molecule has 1 fully saturated rings. The molecule has 1 atom stereocenters. The number of carbonyl (C=O) groups excluding carboxylic acids is 2. The van der Waals surface area contributed by atoms with Crippen LogP contribution in [0.1, 0.15) is 45.2 Å². The number of ether oxygens (including phenoxy) is 1. The SMILES string of the molecule is COCCNC(=O)c1cn[nH]c1[C@H]1CCCN(C(=O)c2csc3ccccc23)C1. The van der Waals surface area contributed by atoms with Gasteiger partial charge in [0.2, 0.25) is 0 Å². The van der Waals surface area contributed by atoms with Crippen LogP contribution in [0, 0.1) is 0 Å². The van der Waals surface area contributed by atoms with Crippen LogP contribution in [0.3, 0.4) is 0 Å². The molecule has 3 aromatic rings. The largest absolute Gasteiger partial charge is 0.383 e. The first-order chi connectivity index (χ1) is 14.2. The summed E-state index contributed by atoms with van der Waals surface area (Å²) in [6.45, 7) is 2.20. The Kier molecular flexibility index (Phi) is 5.92. The number of fused-ring (bicyclic) bond motifs is 1. The molecule has 4 rings (SSSR count). The van der Waals surface area contributed by atoms with Crippen molar-refractivity contribution < 1.29 is 14.3 Å². The molecule has 3 heterocycles. The van der Waals surface area contributed by atoms with Crippen molar-refractivity contribution in [3.05, 3.63) is 52.7 Å². The summed E-state index contributed by atoms with van der Waals surface area (Å²) in [6.07, 6.45) is 3.36. The average molecular weight is 413 g/mol. The van der Waals surface area contributed by atoms with Crippen LogP contribution in [0.5, 0.6) is 0 Å². The van der Waals surface area contributed by atoms with Crippen molar-refractivity contribution in [3.63, 3.8) is 0 Å². The molecule has 2 amide bonds. The fourth-order valence-electron chi connectivity index (χ4n) is 3.86. The van der Waals surface area contributed by atoms with E-state index in [9.17, 15) is 9.59 Å². The van der Waals surface area contributed by atoms with Crippen LogP contribution in [0.2, 0.25) is 0 Å². The van der Waals surface area contributed by atoms with E-state index in [0.29, 0.717) is 25.3 Å². The highest BCUT2D eigenvalue weighted by molar-refractivity contribution is 7.17. The number of likely N-dealkylation sites (tertiary alicyclic amines) is 1. The molecule has 152 valence electrons. The van der Waals surface area contributed by atoms with Gasteiger partial charge in [-0.2, -0.15) is 5.10 Å². The van der Waals surface area contributed by atoms with Crippen LogP contribution >= 0.6 is 11.3 Å². The van der Waals surface area contributed by atoms with Crippen molar-refractivity contribution in [2.24, 2.45) is 0 Å². The van der Waals surface area contributed by atoms with Gasteiger partial charge in [-0.3, -0.25) is 14.7 Å². The normalized spacial score (nSPS) is 16.9. The van der Waals surface area contributed by atoms with E-state index in [0.717, 1.165) is 40.7 Å². The van der Waals surface area contributed by atoms with Crippen molar-refractivity contribution in [3.8, 4) is 0 Å². The van der Waals surface area contributed by atoms with Crippen molar-refractivity contribution in [1.82, 2.24) is 20.4 Å². The molecule has 1 aliphatic heterocycles. The highest BCUT2D eigenvalue weighted by Gasteiger charge is 2.30. The van der Waals surface area contributed by atoms with E-state index in [-0.39, 0.29) is 17.7 Å². The number of piperidine rings is 1. The molecule has 1 aromatic carbocycles. The number of methoxy groups -OCH3 is 1. The Morgan fingerprint density at radius 3 is 3.07 bits per heavy atom. The smallest absolute Gasteiger partial charge is 0.255 e. The molecular formula is C21H24N4O3S. The van der Waals surface area contributed by atoms with Crippen molar-refractivity contribution in [1.29, 1.82) is 0 Å². The Bertz CT molecular complexity index is 1010. The summed E-state index contributed by atoms with van der Waals surface area (Å²) in [7, 11) is 1.60. The number of nitrogens with one attached hydrogen (secondary N) is 2. The highest BCUT2D eigenvalue weighted by atomic mass is 32.1. The van der Waals surface area contributed by atoms with E-state index in [1.807, 2.05) is 34.5 Å². The minimum atomic E-state index is -0.168. The maximum Gasteiger partial charge on any atom is 0.255 e.